The van der Waals surface area contributed by atoms with E-state index in [1.165, 1.54) is 0 Å². The van der Waals surface area contributed by atoms with Gasteiger partial charge in [0.2, 0.25) is 0 Å². The van der Waals surface area contributed by atoms with E-state index >= 15 is 0 Å². The van der Waals surface area contributed by atoms with Gasteiger partial charge in [-0.05, 0) is 13.0 Å². The Balaban J connectivity index is 3.07. The maximum absolute atomic E-state index is 6.07. The van der Waals surface area contributed by atoms with Crippen molar-refractivity contribution in [2.45, 2.75) is 13.0 Å². The molecule has 0 saturated carbocycles. The second-order valence-electron chi connectivity index (χ2n) is 5.11. The van der Waals surface area contributed by atoms with E-state index < -0.39 is 0 Å². The zero-order valence-corrected chi connectivity index (χ0v) is 14.7. The summed E-state index contributed by atoms with van der Waals surface area (Å²) in [4.78, 5) is 2.26. The first-order chi connectivity index (χ1) is 11.2. The molecule has 0 saturated heterocycles. The van der Waals surface area contributed by atoms with E-state index in [1.54, 1.807) is 21.3 Å². The standard InChI is InChI=1S/C17H30N2O4/c1-5-23-17-12-14(22-4)6-7-15(17)16(13-18)19(8-10-20-2)9-11-21-3/h6-7,12,16H,5,8-11,13,18H2,1-4H3. The summed E-state index contributed by atoms with van der Waals surface area (Å²) in [6, 6.07) is 5.90. The molecule has 23 heavy (non-hydrogen) atoms. The number of hydrogen-bond acceptors (Lipinski definition) is 6. The number of methoxy groups -OCH3 is 3. The van der Waals surface area contributed by atoms with Gasteiger partial charge < -0.3 is 24.7 Å². The molecule has 0 aliphatic heterocycles. The molecular weight excluding hydrogens is 296 g/mol. The van der Waals surface area contributed by atoms with Crippen LogP contribution in [0.4, 0.5) is 0 Å². The molecule has 1 aromatic rings. The fourth-order valence-electron chi connectivity index (χ4n) is 2.51. The SMILES string of the molecule is CCOc1cc(OC)ccc1C(CN)N(CCOC)CCOC. The molecule has 1 atom stereocenters. The fourth-order valence-corrected chi connectivity index (χ4v) is 2.51. The normalized spacial score (nSPS) is 12.4. The predicted octanol–water partition coefficient (Wildman–Crippen LogP) is 1.69. The van der Waals surface area contributed by atoms with Crippen molar-refractivity contribution in [1.82, 2.24) is 4.90 Å². The topological polar surface area (TPSA) is 66.2 Å². The molecule has 0 amide bonds. The van der Waals surface area contributed by atoms with Gasteiger partial charge in [-0.3, -0.25) is 4.90 Å². The van der Waals surface area contributed by atoms with Crippen LogP contribution in [0.5, 0.6) is 11.5 Å². The molecule has 0 fully saturated rings. The minimum absolute atomic E-state index is 0.0350. The summed E-state index contributed by atoms with van der Waals surface area (Å²) in [5.74, 6) is 1.58. The fraction of sp³-hybridized carbons (Fsp3) is 0.647. The van der Waals surface area contributed by atoms with E-state index in [4.69, 9.17) is 24.7 Å². The van der Waals surface area contributed by atoms with Gasteiger partial charge in [-0.2, -0.15) is 0 Å². The summed E-state index contributed by atoms with van der Waals surface area (Å²) in [5.41, 5.74) is 7.13. The molecule has 0 spiro atoms. The van der Waals surface area contributed by atoms with Gasteiger partial charge in [-0.25, -0.2) is 0 Å². The highest BCUT2D eigenvalue weighted by Gasteiger charge is 2.22. The molecule has 0 heterocycles. The lowest BCUT2D eigenvalue weighted by Crippen LogP contribution is -2.38. The van der Waals surface area contributed by atoms with Crippen LogP contribution in [0.2, 0.25) is 0 Å². The van der Waals surface area contributed by atoms with Crippen molar-refractivity contribution >= 4 is 0 Å². The van der Waals surface area contributed by atoms with Crippen LogP contribution in [0.15, 0.2) is 18.2 Å². The first kappa shape index (κ1) is 19.7. The molecule has 1 aromatic carbocycles. The Morgan fingerprint density at radius 3 is 2.22 bits per heavy atom. The highest BCUT2D eigenvalue weighted by atomic mass is 16.5. The number of rotatable bonds is 12. The summed E-state index contributed by atoms with van der Waals surface area (Å²) >= 11 is 0. The molecule has 0 aliphatic rings. The Morgan fingerprint density at radius 1 is 1.09 bits per heavy atom. The van der Waals surface area contributed by atoms with Crippen LogP contribution >= 0.6 is 0 Å². The molecule has 1 rings (SSSR count). The van der Waals surface area contributed by atoms with Crippen LogP contribution in [-0.4, -0.2) is 65.7 Å². The van der Waals surface area contributed by atoms with Crippen LogP contribution < -0.4 is 15.2 Å². The lowest BCUT2D eigenvalue weighted by Gasteiger charge is -2.32. The van der Waals surface area contributed by atoms with Crippen molar-refractivity contribution in [3.63, 3.8) is 0 Å². The monoisotopic (exact) mass is 326 g/mol. The minimum atomic E-state index is 0.0350. The first-order valence-corrected chi connectivity index (χ1v) is 7.94. The van der Waals surface area contributed by atoms with E-state index in [0.717, 1.165) is 30.2 Å². The molecular formula is C17H30N2O4. The lowest BCUT2D eigenvalue weighted by atomic mass is 10.0. The second-order valence-corrected chi connectivity index (χ2v) is 5.11. The van der Waals surface area contributed by atoms with Crippen molar-refractivity contribution in [3.8, 4) is 11.5 Å². The Bertz CT molecular complexity index is 435. The third kappa shape index (κ3) is 5.99. The van der Waals surface area contributed by atoms with E-state index in [0.29, 0.717) is 26.4 Å². The van der Waals surface area contributed by atoms with Crippen LogP contribution in [0, 0.1) is 0 Å². The number of benzene rings is 1. The van der Waals surface area contributed by atoms with Crippen molar-refractivity contribution in [2.75, 3.05) is 60.8 Å². The predicted molar refractivity (Wildman–Crippen MR) is 91.3 cm³/mol. The quantitative estimate of drug-likeness (QED) is 0.630. The molecule has 6 heteroatoms. The van der Waals surface area contributed by atoms with E-state index in [2.05, 4.69) is 4.90 Å². The van der Waals surface area contributed by atoms with Gasteiger partial charge in [0, 0.05) is 45.5 Å². The number of hydrogen-bond donors (Lipinski definition) is 1. The van der Waals surface area contributed by atoms with Gasteiger partial charge in [-0.15, -0.1) is 0 Å². The van der Waals surface area contributed by atoms with Crippen LogP contribution in [-0.2, 0) is 9.47 Å². The summed E-state index contributed by atoms with van der Waals surface area (Å²) in [7, 11) is 5.05. The molecule has 0 bridgehead atoms. The molecule has 0 aliphatic carbocycles. The smallest absolute Gasteiger partial charge is 0.127 e. The highest BCUT2D eigenvalue weighted by molar-refractivity contribution is 5.42. The van der Waals surface area contributed by atoms with Crippen molar-refractivity contribution in [3.05, 3.63) is 23.8 Å². The molecule has 6 nitrogen and oxygen atoms in total. The molecule has 1 unspecified atom stereocenters. The summed E-state index contributed by atoms with van der Waals surface area (Å²) < 4.78 is 21.5. The van der Waals surface area contributed by atoms with E-state index in [9.17, 15) is 0 Å². The van der Waals surface area contributed by atoms with Crippen molar-refractivity contribution in [2.24, 2.45) is 5.73 Å². The lowest BCUT2D eigenvalue weighted by molar-refractivity contribution is 0.0881. The van der Waals surface area contributed by atoms with Crippen LogP contribution in [0.25, 0.3) is 0 Å². The van der Waals surface area contributed by atoms with Crippen LogP contribution in [0.1, 0.15) is 18.5 Å². The summed E-state index contributed by atoms with van der Waals surface area (Å²) in [5, 5.41) is 0. The van der Waals surface area contributed by atoms with Gasteiger partial charge in [0.25, 0.3) is 0 Å². The Labute approximate surface area is 139 Å². The number of ether oxygens (including phenoxy) is 4. The van der Waals surface area contributed by atoms with Crippen molar-refractivity contribution in [1.29, 1.82) is 0 Å². The maximum atomic E-state index is 6.07. The third-order valence-electron chi connectivity index (χ3n) is 3.71. The molecule has 2 N–H and O–H groups in total. The maximum Gasteiger partial charge on any atom is 0.127 e. The van der Waals surface area contributed by atoms with Gasteiger partial charge in [-0.1, -0.05) is 6.07 Å². The van der Waals surface area contributed by atoms with Gasteiger partial charge >= 0.3 is 0 Å². The average Bonchev–Trinajstić information content (AvgIpc) is 2.58. The Hall–Kier alpha value is -1.34. The van der Waals surface area contributed by atoms with E-state index in [-0.39, 0.29) is 6.04 Å². The van der Waals surface area contributed by atoms with Gasteiger partial charge in [0.1, 0.15) is 11.5 Å². The van der Waals surface area contributed by atoms with Crippen molar-refractivity contribution < 1.29 is 18.9 Å². The van der Waals surface area contributed by atoms with Crippen LogP contribution in [0.3, 0.4) is 0 Å². The summed E-state index contributed by atoms with van der Waals surface area (Å²) in [6.07, 6.45) is 0. The number of nitrogens with zero attached hydrogens (tertiary/aromatic N) is 1. The Morgan fingerprint density at radius 2 is 1.74 bits per heavy atom. The largest absolute Gasteiger partial charge is 0.497 e. The second kappa shape index (κ2) is 11.2. The highest BCUT2D eigenvalue weighted by Crippen LogP contribution is 2.32. The minimum Gasteiger partial charge on any atom is -0.497 e. The zero-order valence-electron chi connectivity index (χ0n) is 14.7. The van der Waals surface area contributed by atoms with Gasteiger partial charge in [0.05, 0.1) is 33.0 Å². The first-order valence-electron chi connectivity index (χ1n) is 7.94. The summed E-state index contributed by atoms with van der Waals surface area (Å²) in [6.45, 7) is 5.88. The third-order valence-corrected chi connectivity index (χ3v) is 3.71. The Kier molecular flexibility index (Phi) is 9.63. The average molecular weight is 326 g/mol. The molecule has 0 aromatic heterocycles. The zero-order chi connectivity index (χ0) is 17.1. The van der Waals surface area contributed by atoms with Gasteiger partial charge in [0.15, 0.2) is 0 Å². The number of nitrogens with two attached hydrogens (primary N) is 1. The molecule has 132 valence electrons. The van der Waals surface area contributed by atoms with E-state index in [1.807, 2.05) is 25.1 Å². The molecule has 0 radical (unpaired) electrons.